The van der Waals surface area contributed by atoms with Crippen LogP contribution < -0.4 is 4.74 Å². The monoisotopic (exact) mass is 565 g/mol. The molecule has 0 aliphatic heterocycles. The van der Waals surface area contributed by atoms with Crippen molar-refractivity contribution in [2.24, 2.45) is 13.0 Å². The minimum absolute atomic E-state index is 0.00130. The van der Waals surface area contributed by atoms with E-state index in [1.54, 1.807) is 32.8 Å². The van der Waals surface area contributed by atoms with E-state index in [2.05, 4.69) is 15.3 Å². The SMILES string of the molecule is CC(C)OC(=O)[C@H]1CCCC(Oc2ccc(-c3nnn(C)c3CCC(=O)N(C)C3CCCC3)nc2C(F)(F)F)C1. The maximum absolute atomic E-state index is 14.1. The highest BCUT2D eigenvalue weighted by Crippen LogP contribution is 2.39. The summed E-state index contributed by atoms with van der Waals surface area (Å²) in [5, 5.41) is 8.07. The first-order chi connectivity index (χ1) is 18.9. The van der Waals surface area contributed by atoms with Crippen LogP contribution in [0.15, 0.2) is 12.1 Å². The van der Waals surface area contributed by atoms with E-state index in [0.717, 1.165) is 25.7 Å². The number of nitrogens with zero attached hydrogens (tertiary/aromatic N) is 5. The molecule has 4 rings (SSSR count). The molecule has 9 nitrogen and oxygen atoms in total. The van der Waals surface area contributed by atoms with Gasteiger partial charge in [0.2, 0.25) is 5.91 Å². The molecule has 2 aliphatic carbocycles. The van der Waals surface area contributed by atoms with Gasteiger partial charge in [-0.3, -0.25) is 14.3 Å². The van der Waals surface area contributed by atoms with Crippen LogP contribution in [0.3, 0.4) is 0 Å². The zero-order valence-electron chi connectivity index (χ0n) is 23.5. The lowest BCUT2D eigenvalue weighted by Crippen LogP contribution is -2.35. The van der Waals surface area contributed by atoms with Crippen LogP contribution in [0.2, 0.25) is 0 Å². The van der Waals surface area contributed by atoms with E-state index in [0.29, 0.717) is 25.0 Å². The Morgan fingerprint density at radius 1 is 1.12 bits per heavy atom. The van der Waals surface area contributed by atoms with Gasteiger partial charge in [-0.1, -0.05) is 18.1 Å². The molecule has 220 valence electrons. The summed E-state index contributed by atoms with van der Waals surface area (Å²) in [7, 11) is 3.45. The molecule has 2 aliphatic rings. The maximum atomic E-state index is 14.1. The molecule has 0 N–H and O–H groups in total. The lowest BCUT2D eigenvalue weighted by Gasteiger charge is -2.29. The summed E-state index contributed by atoms with van der Waals surface area (Å²) in [4.78, 5) is 30.8. The van der Waals surface area contributed by atoms with Gasteiger partial charge in [0.05, 0.1) is 29.5 Å². The highest BCUT2D eigenvalue weighted by Gasteiger charge is 2.39. The van der Waals surface area contributed by atoms with Crippen molar-refractivity contribution in [2.75, 3.05) is 7.05 Å². The van der Waals surface area contributed by atoms with Crippen LogP contribution in [0, 0.1) is 5.92 Å². The second-order valence-corrected chi connectivity index (χ2v) is 11.1. The van der Waals surface area contributed by atoms with Crippen LogP contribution in [0.1, 0.15) is 83.0 Å². The first-order valence-electron chi connectivity index (χ1n) is 14.0. The molecule has 1 unspecified atom stereocenters. The Labute approximate surface area is 232 Å². The minimum atomic E-state index is -4.78. The van der Waals surface area contributed by atoms with Crippen molar-refractivity contribution in [3.05, 3.63) is 23.5 Å². The fourth-order valence-corrected chi connectivity index (χ4v) is 5.60. The number of alkyl halides is 3. The van der Waals surface area contributed by atoms with E-state index in [4.69, 9.17) is 9.47 Å². The number of hydrogen-bond acceptors (Lipinski definition) is 7. The Balaban J connectivity index is 1.51. The topological polar surface area (TPSA) is 99.4 Å². The minimum Gasteiger partial charge on any atom is -0.488 e. The zero-order chi connectivity index (χ0) is 29.0. The number of aromatic nitrogens is 4. The summed E-state index contributed by atoms with van der Waals surface area (Å²) in [6, 6.07) is 2.91. The summed E-state index contributed by atoms with van der Waals surface area (Å²) in [6.07, 6.45) is 1.11. The van der Waals surface area contributed by atoms with Crippen molar-refractivity contribution in [3.8, 4) is 17.1 Å². The average Bonchev–Trinajstić information content (AvgIpc) is 3.56. The molecule has 2 atom stereocenters. The smallest absolute Gasteiger partial charge is 0.437 e. The van der Waals surface area contributed by atoms with Gasteiger partial charge in [0.25, 0.3) is 0 Å². The van der Waals surface area contributed by atoms with Gasteiger partial charge in [-0.15, -0.1) is 5.10 Å². The molecule has 2 saturated carbocycles. The van der Waals surface area contributed by atoms with Gasteiger partial charge in [0.1, 0.15) is 5.69 Å². The number of rotatable bonds is 9. The molecule has 0 radical (unpaired) electrons. The number of carbonyl (C=O) groups is 2. The highest BCUT2D eigenvalue weighted by molar-refractivity contribution is 5.77. The van der Waals surface area contributed by atoms with Crippen molar-refractivity contribution < 1.29 is 32.2 Å². The summed E-state index contributed by atoms with van der Waals surface area (Å²) >= 11 is 0. The Morgan fingerprint density at radius 3 is 2.52 bits per heavy atom. The van der Waals surface area contributed by atoms with Gasteiger partial charge in [-0.2, -0.15) is 13.2 Å². The van der Waals surface area contributed by atoms with Crippen molar-refractivity contribution in [1.82, 2.24) is 24.9 Å². The number of aryl methyl sites for hydroxylation is 1. The molecular formula is C28H38F3N5O4. The molecule has 0 aromatic carbocycles. The van der Waals surface area contributed by atoms with E-state index < -0.39 is 29.6 Å². The van der Waals surface area contributed by atoms with Gasteiger partial charge in [-0.05, 0) is 64.5 Å². The molecule has 0 bridgehead atoms. The Morgan fingerprint density at radius 2 is 1.85 bits per heavy atom. The molecule has 2 aromatic heterocycles. The number of amides is 1. The zero-order valence-corrected chi connectivity index (χ0v) is 23.5. The predicted octanol–water partition coefficient (Wildman–Crippen LogP) is 5.12. The van der Waals surface area contributed by atoms with E-state index >= 15 is 0 Å². The van der Waals surface area contributed by atoms with Crippen LogP contribution in [-0.2, 0) is 34.0 Å². The quantitative estimate of drug-likeness (QED) is 0.389. The standard InChI is InChI=1S/C28H38F3N5O4/c1-17(2)39-27(38)18-8-7-11-20(16-18)40-23-14-12-21(32-26(23)28(29,30)31)25-22(36(4)34-33-25)13-15-24(37)35(3)19-9-5-6-10-19/h12,14,17-20H,5-11,13,15-16H2,1-4H3/t18-,20?/m0/s1. The van der Waals surface area contributed by atoms with Gasteiger partial charge < -0.3 is 14.4 Å². The van der Waals surface area contributed by atoms with Crippen molar-refractivity contribution >= 4 is 11.9 Å². The average molecular weight is 566 g/mol. The molecule has 0 saturated heterocycles. The molecule has 2 fully saturated rings. The van der Waals surface area contributed by atoms with Crippen LogP contribution in [0.5, 0.6) is 5.75 Å². The Kier molecular flexibility index (Phi) is 9.35. The van der Waals surface area contributed by atoms with Gasteiger partial charge >= 0.3 is 12.1 Å². The molecule has 0 spiro atoms. The third-order valence-electron chi connectivity index (χ3n) is 7.76. The molecule has 1 amide bonds. The Bertz CT molecular complexity index is 1190. The number of halogens is 3. The molecule has 40 heavy (non-hydrogen) atoms. The van der Waals surface area contributed by atoms with E-state index in [1.165, 1.54) is 16.8 Å². The fraction of sp³-hybridized carbons (Fsp3) is 0.679. The molecular weight excluding hydrogens is 527 g/mol. The summed E-state index contributed by atoms with van der Waals surface area (Å²) < 4.78 is 55.0. The molecule has 2 heterocycles. The molecule has 2 aromatic rings. The van der Waals surface area contributed by atoms with Gasteiger partial charge in [0.15, 0.2) is 11.4 Å². The van der Waals surface area contributed by atoms with Crippen LogP contribution in [0.25, 0.3) is 11.4 Å². The van der Waals surface area contributed by atoms with Crippen LogP contribution in [0.4, 0.5) is 13.2 Å². The lowest BCUT2D eigenvalue weighted by molar-refractivity contribution is -0.155. The second-order valence-electron chi connectivity index (χ2n) is 11.1. The van der Waals surface area contributed by atoms with Gasteiger partial charge in [-0.25, -0.2) is 4.98 Å². The number of esters is 1. The van der Waals surface area contributed by atoms with E-state index in [9.17, 15) is 22.8 Å². The maximum Gasteiger partial charge on any atom is 0.437 e. The van der Waals surface area contributed by atoms with E-state index in [1.807, 2.05) is 0 Å². The van der Waals surface area contributed by atoms with Crippen molar-refractivity contribution in [2.45, 2.75) is 102 Å². The third-order valence-corrected chi connectivity index (χ3v) is 7.76. The first-order valence-corrected chi connectivity index (χ1v) is 14.0. The summed E-state index contributed by atoms with van der Waals surface area (Å²) in [6.45, 7) is 3.51. The summed E-state index contributed by atoms with van der Waals surface area (Å²) in [5.41, 5.74) is -0.432. The van der Waals surface area contributed by atoms with Crippen LogP contribution >= 0.6 is 0 Å². The largest absolute Gasteiger partial charge is 0.488 e. The fourth-order valence-electron chi connectivity index (χ4n) is 5.60. The normalized spacial score (nSPS) is 20.1. The first kappa shape index (κ1) is 29.8. The Hall–Kier alpha value is -3.18. The second kappa shape index (κ2) is 12.6. The van der Waals surface area contributed by atoms with Crippen molar-refractivity contribution in [1.29, 1.82) is 0 Å². The van der Waals surface area contributed by atoms with E-state index in [-0.39, 0.29) is 54.7 Å². The lowest BCUT2D eigenvalue weighted by atomic mass is 9.87. The highest BCUT2D eigenvalue weighted by atomic mass is 19.4. The number of pyridine rings is 1. The molecule has 12 heteroatoms. The number of ether oxygens (including phenoxy) is 2. The third kappa shape index (κ3) is 7.11. The predicted molar refractivity (Wildman–Crippen MR) is 140 cm³/mol. The number of hydrogen-bond donors (Lipinski definition) is 0. The van der Waals surface area contributed by atoms with Crippen molar-refractivity contribution in [3.63, 3.8) is 0 Å². The summed E-state index contributed by atoms with van der Waals surface area (Å²) in [5.74, 6) is -1.18. The van der Waals surface area contributed by atoms with Crippen LogP contribution in [-0.4, -0.2) is 62.1 Å². The van der Waals surface area contributed by atoms with Gasteiger partial charge in [0, 0.05) is 33.0 Å². The number of carbonyl (C=O) groups excluding carboxylic acids is 2.